The molecule has 6 nitrogen and oxygen atoms in total. The van der Waals surface area contributed by atoms with E-state index in [1.807, 2.05) is 0 Å². The second-order valence-corrected chi connectivity index (χ2v) is 9.23. The first-order valence-corrected chi connectivity index (χ1v) is 10.8. The van der Waals surface area contributed by atoms with E-state index in [2.05, 4.69) is 30.8 Å². The Morgan fingerprint density at radius 3 is 2.07 bits per heavy atom. The molecule has 174 valence electrons. The van der Waals surface area contributed by atoms with Gasteiger partial charge in [-0.3, -0.25) is 4.79 Å². The Labute approximate surface area is 176 Å². The highest BCUT2D eigenvalue weighted by molar-refractivity contribution is 5.79. The molecule has 3 rings (SSSR count). The Morgan fingerprint density at radius 2 is 1.60 bits per heavy atom. The van der Waals surface area contributed by atoms with Crippen molar-refractivity contribution in [2.24, 2.45) is 11.8 Å². The van der Waals surface area contributed by atoms with Gasteiger partial charge in [-0.1, -0.05) is 6.92 Å². The predicted octanol–water partition coefficient (Wildman–Crippen LogP) is 3.55. The van der Waals surface area contributed by atoms with Crippen LogP contribution in [-0.4, -0.2) is 78.4 Å². The van der Waals surface area contributed by atoms with E-state index >= 15 is 0 Å². The number of piperidine rings is 1. The molecule has 0 aromatic heterocycles. The number of carboxylic acids is 1. The van der Waals surface area contributed by atoms with Crippen molar-refractivity contribution in [3.8, 4) is 0 Å². The number of alkyl halides is 3. The maximum Gasteiger partial charge on any atom is 0.490 e. The summed E-state index contributed by atoms with van der Waals surface area (Å²) in [6.45, 7) is 4.97. The molecule has 1 unspecified atom stereocenters. The number of likely N-dealkylation sites (tertiary alicyclic amines) is 1. The lowest BCUT2D eigenvalue weighted by molar-refractivity contribution is -0.192. The van der Waals surface area contributed by atoms with Crippen molar-refractivity contribution in [2.75, 3.05) is 33.8 Å². The van der Waals surface area contributed by atoms with Gasteiger partial charge in [0, 0.05) is 31.7 Å². The lowest BCUT2D eigenvalue weighted by Crippen LogP contribution is -2.54. The first-order valence-electron chi connectivity index (χ1n) is 10.8. The van der Waals surface area contributed by atoms with Crippen LogP contribution in [0.1, 0.15) is 58.3 Å². The molecule has 0 aromatic carbocycles. The Hall–Kier alpha value is -1.35. The van der Waals surface area contributed by atoms with Crippen LogP contribution in [0.5, 0.6) is 0 Å². The number of carboxylic acid groups (broad SMARTS) is 1. The first kappa shape index (κ1) is 24.9. The van der Waals surface area contributed by atoms with Gasteiger partial charge in [0.2, 0.25) is 5.91 Å². The maximum atomic E-state index is 12.8. The van der Waals surface area contributed by atoms with Crippen molar-refractivity contribution in [3.05, 3.63) is 0 Å². The molecule has 3 fully saturated rings. The van der Waals surface area contributed by atoms with Gasteiger partial charge >= 0.3 is 12.1 Å². The average molecular weight is 437 g/mol. The van der Waals surface area contributed by atoms with E-state index in [1.165, 1.54) is 12.8 Å². The monoisotopic (exact) mass is 436 g/mol. The van der Waals surface area contributed by atoms with Gasteiger partial charge < -0.3 is 19.6 Å². The SMILES string of the molecule is CC1CCC(C(=O)N2CCC3(CC2)CC(N(C)C)CCO3)CC1.O=C(O)C(F)(F)F. The molecule has 2 heterocycles. The lowest BCUT2D eigenvalue weighted by atomic mass is 9.80. The molecular formula is C21H35F3N2O4. The van der Waals surface area contributed by atoms with E-state index in [9.17, 15) is 18.0 Å². The number of halogens is 3. The van der Waals surface area contributed by atoms with Gasteiger partial charge in [0.1, 0.15) is 0 Å². The molecule has 9 heteroatoms. The number of aliphatic carboxylic acids is 1. The van der Waals surface area contributed by atoms with Crippen molar-refractivity contribution in [1.82, 2.24) is 9.80 Å². The van der Waals surface area contributed by atoms with Crippen LogP contribution in [-0.2, 0) is 14.3 Å². The lowest BCUT2D eigenvalue weighted by Gasteiger charge is -2.48. The maximum absolute atomic E-state index is 12.8. The van der Waals surface area contributed by atoms with E-state index in [-0.39, 0.29) is 5.60 Å². The third-order valence-electron chi connectivity index (χ3n) is 6.79. The molecule has 0 bridgehead atoms. The van der Waals surface area contributed by atoms with Gasteiger partial charge in [-0.15, -0.1) is 0 Å². The molecule has 1 N–H and O–H groups in total. The zero-order chi connectivity index (χ0) is 22.5. The largest absolute Gasteiger partial charge is 0.490 e. The van der Waals surface area contributed by atoms with Crippen LogP contribution in [0.25, 0.3) is 0 Å². The fourth-order valence-electron chi connectivity index (χ4n) is 4.69. The molecule has 30 heavy (non-hydrogen) atoms. The molecule has 1 saturated carbocycles. The molecule has 1 spiro atoms. The number of nitrogens with zero attached hydrogens (tertiary/aromatic N) is 2. The van der Waals surface area contributed by atoms with Crippen molar-refractivity contribution in [1.29, 1.82) is 0 Å². The fraction of sp³-hybridized carbons (Fsp3) is 0.905. The third-order valence-corrected chi connectivity index (χ3v) is 6.79. The van der Waals surface area contributed by atoms with E-state index in [0.29, 0.717) is 17.9 Å². The summed E-state index contributed by atoms with van der Waals surface area (Å²) in [6.07, 6.45) is 3.87. The van der Waals surface area contributed by atoms with Crippen LogP contribution in [0, 0.1) is 11.8 Å². The molecule has 1 amide bonds. The average Bonchev–Trinajstić information content (AvgIpc) is 2.68. The fourth-order valence-corrected chi connectivity index (χ4v) is 4.69. The van der Waals surface area contributed by atoms with Crippen LogP contribution >= 0.6 is 0 Å². The quantitative estimate of drug-likeness (QED) is 0.717. The van der Waals surface area contributed by atoms with Crippen LogP contribution in [0.3, 0.4) is 0 Å². The minimum atomic E-state index is -5.08. The molecule has 1 atom stereocenters. The molecule has 2 saturated heterocycles. The van der Waals surface area contributed by atoms with Crippen molar-refractivity contribution < 1.29 is 32.6 Å². The van der Waals surface area contributed by atoms with Gasteiger partial charge in [-0.25, -0.2) is 4.79 Å². The minimum Gasteiger partial charge on any atom is -0.475 e. The Bertz CT molecular complexity index is 581. The number of hydrogen-bond donors (Lipinski definition) is 1. The van der Waals surface area contributed by atoms with E-state index in [0.717, 1.165) is 64.1 Å². The summed E-state index contributed by atoms with van der Waals surface area (Å²) in [5.74, 6) is -1.23. The first-order chi connectivity index (χ1) is 13.9. The number of carbonyl (C=O) groups is 2. The summed E-state index contributed by atoms with van der Waals surface area (Å²) in [5.41, 5.74) is 0.0328. The summed E-state index contributed by atoms with van der Waals surface area (Å²) >= 11 is 0. The summed E-state index contributed by atoms with van der Waals surface area (Å²) < 4.78 is 37.9. The number of carbonyl (C=O) groups excluding carboxylic acids is 1. The van der Waals surface area contributed by atoms with Crippen LogP contribution in [0.4, 0.5) is 13.2 Å². The van der Waals surface area contributed by atoms with Crippen molar-refractivity contribution >= 4 is 11.9 Å². The van der Waals surface area contributed by atoms with E-state index < -0.39 is 12.1 Å². The molecule has 1 aliphatic carbocycles. The van der Waals surface area contributed by atoms with Gasteiger partial charge in [-0.05, 0) is 71.4 Å². The van der Waals surface area contributed by atoms with Crippen molar-refractivity contribution in [2.45, 2.75) is 76.1 Å². The molecule has 0 radical (unpaired) electrons. The molecular weight excluding hydrogens is 401 g/mol. The highest BCUT2D eigenvalue weighted by Gasteiger charge is 2.42. The number of ether oxygens (including phenoxy) is 1. The number of hydrogen-bond acceptors (Lipinski definition) is 4. The zero-order valence-corrected chi connectivity index (χ0v) is 18.2. The van der Waals surface area contributed by atoms with Gasteiger partial charge in [0.05, 0.1) is 5.60 Å². The second-order valence-electron chi connectivity index (χ2n) is 9.23. The summed E-state index contributed by atoms with van der Waals surface area (Å²) in [7, 11) is 4.35. The molecule has 3 aliphatic rings. The Morgan fingerprint density at radius 1 is 1.07 bits per heavy atom. The standard InChI is InChI=1S/C19H34N2O2.C2HF3O2/c1-15-4-6-16(7-5-15)18(22)21-11-9-19(10-12-21)14-17(20(2)3)8-13-23-19;3-2(4,5)1(6)7/h15-17H,4-14H2,1-3H3;(H,6,7). The molecule has 2 aliphatic heterocycles. The summed E-state index contributed by atoms with van der Waals surface area (Å²) in [6, 6.07) is 0.630. The highest BCUT2D eigenvalue weighted by Crippen LogP contribution is 2.37. The summed E-state index contributed by atoms with van der Waals surface area (Å²) in [5, 5.41) is 7.12. The highest BCUT2D eigenvalue weighted by atomic mass is 19.4. The molecule has 0 aromatic rings. The topological polar surface area (TPSA) is 70.1 Å². The van der Waals surface area contributed by atoms with E-state index in [4.69, 9.17) is 14.6 Å². The van der Waals surface area contributed by atoms with Gasteiger partial charge in [0.25, 0.3) is 0 Å². The van der Waals surface area contributed by atoms with E-state index in [1.54, 1.807) is 0 Å². The number of amides is 1. The Balaban J connectivity index is 0.000000396. The number of rotatable bonds is 2. The smallest absolute Gasteiger partial charge is 0.475 e. The van der Waals surface area contributed by atoms with Crippen LogP contribution in [0.15, 0.2) is 0 Å². The Kier molecular flexibility index (Phi) is 8.56. The normalized spacial score (nSPS) is 29.3. The summed E-state index contributed by atoms with van der Waals surface area (Å²) in [4.78, 5) is 26.1. The minimum absolute atomic E-state index is 0.0328. The second kappa shape index (κ2) is 10.3. The third kappa shape index (κ3) is 6.83. The van der Waals surface area contributed by atoms with Crippen molar-refractivity contribution in [3.63, 3.8) is 0 Å². The van der Waals surface area contributed by atoms with Crippen LogP contribution < -0.4 is 0 Å². The van der Waals surface area contributed by atoms with Gasteiger partial charge in [-0.2, -0.15) is 13.2 Å². The van der Waals surface area contributed by atoms with Crippen LogP contribution in [0.2, 0.25) is 0 Å². The van der Waals surface area contributed by atoms with Gasteiger partial charge in [0.15, 0.2) is 0 Å². The zero-order valence-electron chi connectivity index (χ0n) is 18.2. The predicted molar refractivity (Wildman–Crippen MR) is 106 cm³/mol.